The number of furan rings is 2. The molecule has 4 aromatic heterocycles. The van der Waals surface area contributed by atoms with Gasteiger partial charge in [-0.3, -0.25) is 0 Å². The summed E-state index contributed by atoms with van der Waals surface area (Å²) in [6.07, 6.45) is 0. The highest BCUT2D eigenvalue weighted by atomic mass is 16.3. The minimum absolute atomic E-state index is 0.830. The summed E-state index contributed by atoms with van der Waals surface area (Å²) in [7, 11) is 0. The van der Waals surface area contributed by atoms with E-state index in [2.05, 4.69) is 298 Å². The summed E-state index contributed by atoms with van der Waals surface area (Å²) in [5, 5.41) is 13.6. The zero-order valence-corrected chi connectivity index (χ0v) is 43.2. The van der Waals surface area contributed by atoms with Gasteiger partial charge in [0.05, 0.1) is 22.1 Å². The van der Waals surface area contributed by atoms with Crippen molar-refractivity contribution < 1.29 is 8.83 Å². The van der Waals surface area contributed by atoms with E-state index < -0.39 is 0 Å². The van der Waals surface area contributed by atoms with Crippen LogP contribution in [0.5, 0.6) is 0 Å². The van der Waals surface area contributed by atoms with Crippen molar-refractivity contribution in [3.63, 3.8) is 0 Å². The zero-order valence-electron chi connectivity index (χ0n) is 43.2. The first-order chi connectivity index (χ1) is 39.6. The Kier molecular flexibility index (Phi) is 9.61. The van der Waals surface area contributed by atoms with Crippen LogP contribution in [0.1, 0.15) is 0 Å². The number of rotatable bonds is 8. The lowest BCUT2D eigenvalue weighted by Crippen LogP contribution is -2.10. The molecule has 0 fully saturated rings. The van der Waals surface area contributed by atoms with Crippen molar-refractivity contribution in [2.24, 2.45) is 0 Å². The van der Waals surface area contributed by atoms with Gasteiger partial charge < -0.3 is 27.8 Å². The summed E-state index contributed by atoms with van der Waals surface area (Å²) in [5.41, 5.74) is 16.7. The summed E-state index contributed by atoms with van der Waals surface area (Å²) >= 11 is 0. The van der Waals surface area contributed by atoms with E-state index in [0.717, 1.165) is 122 Å². The molecule has 17 rings (SSSR count). The molecule has 0 radical (unpaired) electrons. The molecule has 0 aliphatic rings. The molecule has 0 unspecified atom stereocenters. The van der Waals surface area contributed by atoms with Crippen LogP contribution in [-0.2, 0) is 0 Å². The molecule has 13 aromatic carbocycles. The summed E-state index contributed by atoms with van der Waals surface area (Å²) in [6, 6.07) is 100. The topological polar surface area (TPSA) is 42.6 Å². The molecule has 80 heavy (non-hydrogen) atoms. The Morgan fingerprint density at radius 2 is 0.588 bits per heavy atom. The van der Waals surface area contributed by atoms with Crippen LogP contribution in [0.2, 0.25) is 0 Å². The van der Waals surface area contributed by atoms with Gasteiger partial charge in [0.15, 0.2) is 0 Å². The van der Waals surface area contributed by atoms with E-state index in [1.165, 1.54) is 32.6 Å². The second-order valence-corrected chi connectivity index (χ2v) is 20.9. The number of nitrogens with zero attached hydrogens (tertiary/aromatic N) is 4. The van der Waals surface area contributed by atoms with Gasteiger partial charge in [-0.05, 0) is 167 Å². The van der Waals surface area contributed by atoms with Crippen molar-refractivity contribution in [2.75, 3.05) is 9.80 Å². The molecule has 0 amide bonds. The molecule has 0 saturated carbocycles. The maximum Gasteiger partial charge on any atom is 0.136 e. The van der Waals surface area contributed by atoms with Gasteiger partial charge in [-0.15, -0.1) is 0 Å². The van der Waals surface area contributed by atoms with Gasteiger partial charge in [0.2, 0.25) is 0 Å². The number of hydrogen-bond acceptors (Lipinski definition) is 4. The first-order valence-electron chi connectivity index (χ1n) is 27.2. The van der Waals surface area contributed by atoms with Crippen molar-refractivity contribution in [2.45, 2.75) is 0 Å². The van der Waals surface area contributed by atoms with E-state index >= 15 is 0 Å². The van der Waals surface area contributed by atoms with Crippen LogP contribution >= 0.6 is 0 Å². The highest BCUT2D eigenvalue weighted by Gasteiger charge is 2.23. The predicted octanol–water partition coefficient (Wildman–Crippen LogP) is 20.9. The SMILES string of the molecule is c1ccc(N(c2ccc3cc4c(cc3c2)oc2ccc3oc5cc6cc(N(c7ccccc7)c7ccc8c9ccccc9n(-c9ccccc9)c8c7)ccc6cc5c3c24)c2ccc3c4ccccc4n(-c4ccccc4)c3c2)cc1. The van der Waals surface area contributed by atoms with Crippen LogP contribution in [0.15, 0.2) is 288 Å². The molecule has 0 N–H and O–H groups in total. The molecule has 0 bridgehead atoms. The van der Waals surface area contributed by atoms with Crippen LogP contribution in [0.25, 0.3) is 120 Å². The Balaban J connectivity index is 0.779. The van der Waals surface area contributed by atoms with Gasteiger partial charge in [-0.25, -0.2) is 0 Å². The maximum atomic E-state index is 6.81. The molecular weight excluding hydrogens is 977 g/mol. The Morgan fingerprint density at radius 1 is 0.225 bits per heavy atom. The minimum Gasteiger partial charge on any atom is -0.456 e. The highest BCUT2D eigenvalue weighted by molar-refractivity contribution is 6.28. The van der Waals surface area contributed by atoms with Crippen molar-refractivity contribution in [3.8, 4) is 11.4 Å². The molecule has 0 aliphatic heterocycles. The summed E-state index contributed by atoms with van der Waals surface area (Å²) in [5.74, 6) is 0. The van der Waals surface area contributed by atoms with E-state index in [-0.39, 0.29) is 0 Å². The normalized spacial score (nSPS) is 12.0. The standard InChI is InChI=1S/C74H46N4O2/c1-5-17-51(18-6-1)75(57-33-35-61-59-25-13-15-27-65(59)77(67(61)45-57)53-21-9-3-10-22-53)55-31-29-47-41-63-71(43-49(47)39-55)79-69-37-38-70-74(73(63)69)64-42-48-30-32-56(40-50(48)44-72(64)80-70)76(52-19-7-2-8-20-52)58-34-36-62-60-26-14-16-28-66(60)78(68(62)46-58)54-23-11-4-12-24-54/h1-46H. The Labute approximate surface area is 459 Å². The van der Waals surface area contributed by atoms with Gasteiger partial charge >= 0.3 is 0 Å². The first kappa shape index (κ1) is 44.3. The fraction of sp³-hybridized carbons (Fsp3) is 0. The molecule has 374 valence electrons. The number of benzene rings is 13. The van der Waals surface area contributed by atoms with Crippen molar-refractivity contribution in [1.82, 2.24) is 9.13 Å². The van der Waals surface area contributed by atoms with Crippen molar-refractivity contribution >= 4 is 143 Å². The van der Waals surface area contributed by atoms with Crippen LogP contribution in [0.3, 0.4) is 0 Å². The molecular formula is C74H46N4O2. The van der Waals surface area contributed by atoms with Crippen LogP contribution in [-0.4, -0.2) is 9.13 Å². The van der Waals surface area contributed by atoms with E-state index in [1.54, 1.807) is 0 Å². The van der Waals surface area contributed by atoms with E-state index in [9.17, 15) is 0 Å². The fourth-order valence-corrected chi connectivity index (χ4v) is 12.8. The number of hydrogen-bond donors (Lipinski definition) is 0. The second kappa shape index (κ2) is 17.3. The largest absolute Gasteiger partial charge is 0.456 e. The maximum absolute atomic E-state index is 6.81. The molecule has 0 aliphatic carbocycles. The third-order valence-corrected chi connectivity index (χ3v) is 16.4. The minimum atomic E-state index is 0.830. The van der Waals surface area contributed by atoms with Gasteiger partial charge in [-0.2, -0.15) is 0 Å². The molecule has 6 nitrogen and oxygen atoms in total. The molecule has 0 atom stereocenters. The van der Waals surface area contributed by atoms with Gasteiger partial charge in [0, 0.05) is 88.6 Å². The molecule has 0 saturated heterocycles. The number of aromatic nitrogens is 2. The quantitative estimate of drug-likeness (QED) is 0.152. The van der Waals surface area contributed by atoms with Gasteiger partial charge in [-0.1, -0.05) is 133 Å². The fourth-order valence-electron chi connectivity index (χ4n) is 12.8. The number of fused-ring (bicyclic) bond motifs is 15. The van der Waals surface area contributed by atoms with Gasteiger partial charge in [0.1, 0.15) is 22.3 Å². The third-order valence-electron chi connectivity index (χ3n) is 16.4. The second-order valence-electron chi connectivity index (χ2n) is 20.9. The lowest BCUT2D eigenvalue weighted by atomic mass is 10.0. The van der Waals surface area contributed by atoms with Crippen molar-refractivity contribution in [3.05, 3.63) is 279 Å². The van der Waals surface area contributed by atoms with Gasteiger partial charge in [0.25, 0.3) is 0 Å². The monoisotopic (exact) mass is 1020 g/mol. The van der Waals surface area contributed by atoms with E-state index in [0.29, 0.717) is 0 Å². The van der Waals surface area contributed by atoms with Crippen LogP contribution < -0.4 is 9.80 Å². The van der Waals surface area contributed by atoms with Crippen LogP contribution in [0.4, 0.5) is 34.1 Å². The van der Waals surface area contributed by atoms with Crippen LogP contribution in [0, 0.1) is 0 Å². The smallest absolute Gasteiger partial charge is 0.136 e. The molecule has 17 aromatic rings. The Morgan fingerprint density at radius 3 is 1.02 bits per heavy atom. The Bertz CT molecular complexity index is 4970. The zero-order chi connectivity index (χ0) is 52.4. The first-order valence-corrected chi connectivity index (χ1v) is 27.2. The summed E-state index contributed by atoms with van der Waals surface area (Å²) in [4.78, 5) is 4.71. The molecule has 6 heteroatoms. The molecule has 0 spiro atoms. The third kappa shape index (κ3) is 6.79. The predicted molar refractivity (Wildman–Crippen MR) is 334 cm³/mol. The summed E-state index contributed by atoms with van der Waals surface area (Å²) < 4.78 is 18.4. The number of para-hydroxylation sites is 6. The van der Waals surface area contributed by atoms with E-state index in [4.69, 9.17) is 8.83 Å². The van der Waals surface area contributed by atoms with Crippen molar-refractivity contribution in [1.29, 1.82) is 0 Å². The number of anilines is 6. The Hall–Kier alpha value is -10.8. The van der Waals surface area contributed by atoms with E-state index in [1.807, 2.05) is 0 Å². The average Bonchev–Trinajstić information content (AvgIpc) is 4.34. The summed E-state index contributed by atoms with van der Waals surface area (Å²) in [6.45, 7) is 0. The lowest BCUT2D eigenvalue weighted by Gasteiger charge is -2.26. The molecule has 4 heterocycles. The average molecular weight is 1020 g/mol. The lowest BCUT2D eigenvalue weighted by molar-refractivity contribution is 0.663. The highest BCUT2D eigenvalue weighted by Crippen LogP contribution is 2.46.